The highest BCUT2D eigenvalue weighted by Crippen LogP contribution is 2.24. The van der Waals surface area contributed by atoms with Crippen LogP contribution in [0, 0.1) is 0 Å². The van der Waals surface area contributed by atoms with E-state index >= 15 is 0 Å². The van der Waals surface area contributed by atoms with Crippen LogP contribution in [0.1, 0.15) is 22.8 Å². The maximum Gasteiger partial charge on any atom is 0.328 e. The van der Waals surface area contributed by atoms with E-state index in [-0.39, 0.29) is 17.9 Å². The molecule has 1 aliphatic rings. The number of carboxylic acids is 1. The first-order valence-corrected chi connectivity index (χ1v) is 6.03. The quantitative estimate of drug-likeness (QED) is 0.606. The third-order valence-electron chi connectivity index (χ3n) is 3.03. The van der Waals surface area contributed by atoms with E-state index in [0.717, 1.165) is 5.56 Å². The van der Waals surface area contributed by atoms with Crippen molar-refractivity contribution < 1.29 is 24.6 Å². The lowest BCUT2D eigenvalue weighted by atomic mass is 10.1. The molecule has 0 fully saturated rings. The number of amides is 2. The number of anilines is 1. The largest absolute Gasteiger partial charge is 0.480 e. The first kappa shape index (κ1) is 14.0. The number of aliphatic carboxylic acids is 1. The summed E-state index contributed by atoms with van der Waals surface area (Å²) in [6, 6.07) is 3.25. The molecule has 0 saturated carbocycles. The number of carbonyl (C=O) groups excluding carboxylic acids is 2. The van der Waals surface area contributed by atoms with Crippen molar-refractivity contribution >= 4 is 23.5 Å². The van der Waals surface area contributed by atoms with E-state index in [1.165, 1.54) is 19.1 Å². The zero-order valence-electron chi connectivity index (χ0n) is 10.7. The van der Waals surface area contributed by atoms with Gasteiger partial charge in [-0.2, -0.15) is 0 Å². The van der Waals surface area contributed by atoms with Gasteiger partial charge in [0, 0.05) is 11.3 Å². The summed E-state index contributed by atoms with van der Waals surface area (Å²) in [4.78, 5) is 34.1. The molecular weight excluding hydrogens is 264 g/mol. The molecule has 106 valence electrons. The number of rotatable bonds is 4. The maximum atomic E-state index is 11.9. The highest BCUT2D eigenvalue weighted by molar-refractivity contribution is 6.02. The molecule has 0 radical (unpaired) electrons. The van der Waals surface area contributed by atoms with Crippen molar-refractivity contribution in [3.63, 3.8) is 0 Å². The molecule has 7 nitrogen and oxygen atoms in total. The standard InChI is InChI=1S/C13H14N2O5/c1-6(16)11(13(19)20)15-12(18)8-3-2-7-5-10(17)14-9(7)4-8/h2-4,6,11,16H,5H2,1H3,(H,14,17)(H,15,18)(H,19,20). The van der Waals surface area contributed by atoms with Crippen molar-refractivity contribution in [3.8, 4) is 0 Å². The van der Waals surface area contributed by atoms with Crippen molar-refractivity contribution in [2.75, 3.05) is 5.32 Å². The van der Waals surface area contributed by atoms with E-state index in [2.05, 4.69) is 10.6 Å². The van der Waals surface area contributed by atoms with Gasteiger partial charge in [-0.25, -0.2) is 4.79 Å². The predicted octanol–water partition coefficient (Wildman–Crippen LogP) is -0.255. The van der Waals surface area contributed by atoms with E-state index in [0.29, 0.717) is 5.69 Å². The van der Waals surface area contributed by atoms with Crippen LogP contribution >= 0.6 is 0 Å². The van der Waals surface area contributed by atoms with Crippen LogP contribution in [0.3, 0.4) is 0 Å². The van der Waals surface area contributed by atoms with Gasteiger partial charge in [0.1, 0.15) is 0 Å². The first-order chi connectivity index (χ1) is 9.38. The lowest BCUT2D eigenvalue weighted by molar-refractivity contribution is -0.141. The van der Waals surface area contributed by atoms with Crippen LogP contribution in [0.25, 0.3) is 0 Å². The molecule has 4 N–H and O–H groups in total. The summed E-state index contributed by atoms with van der Waals surface area (Å²) in [5, 5.41) is 23.1. The Morgan fingerprint density at radius 1 is 1.40 bits per heavy atom. The van der Waals surface area contributed by atoms with Gasteiger partial charge in [0.25, 0.3) is 5.91 Å². The molecule has 1 aliphatic heterocycles. The molecule has 0 bridgehead atoms. The van der Waals surface area contributed by atoms with E-state index in [9.17, 15) is 19.5 Å². The molecule has 2 rings (SSSR count). The van der Waals surface area contributed by atoms with Crippen LogP contribution < -0.4 is 10.6 Å². The van der Waals surface area contributed by atoms with Crippen molar-refractivity contribution in [1.29, 1.82) is 0 Å². The second kappa shape index (κ2) is 5.30. The number of aliphatic hydroxyl groups is 1. The summed E-state index contributed by atoms with van der Waals surface area (Å²) < 4.78 is 0. The summed E-state index contributed by atoms with van der Waals surface area (Å²) in [5.74, 6) is -2.09. The summed E-state index contributed by atoms with van der Waals surface area (Å²) >= 11 is 0. The second-order valence-electron chi connectivity index (χ2n) is 4.63. The lowest BCUT2D eigenvalue weighted by Crippen LogP contribution is -2.47. The summed E-state index contributed by atoms with van der Waals surface area (Å²) in [6.45, 7) is 1.28. The van der Waals surface area contributed by atoms with Crippen LogP contribution in [0.4, 0.5) is 5.69 Å². The molecule has 1 aromatic rings. The van der Waals surface area contributed by atoms with Gasteiger partial charge >= 0.3 is 5.97 Å². The minimum absolute atomic E-state index is 0.148. The Bertz CT molecular complexity index is 582. The Hall–Kier alpha value is -2.41. The summed E-state index contributed by atoms with van der Waals surface area (Å²) in [7, 11) is 0. The molecule has 7 heteroatoms. The van der Waals surface area contributed by atoms with Crippen LogP contribution in [0.5, 0.6) is 0 Å². The Kier molecular flexibility index (Phi) is 3.71. The Morgan fingerprint density at radius 2 is 2.10 bits per heavy atom. The van der Waals surface area contributed by atoms with Gasteiger partial charge in [0.2, 0.25) is 5.91 Å². The Balaban J connectivity index is 2.16. The SMILES string of the molecule is CC(O)C(NC(=O)c1ccc2c(c1)NC(=O)C2)C(=O)O. The molecule has 20 heavy (non-hydrogen) atoms. The fraction of sp³-hybridized carbons (Fsp3) is 0.308. The molecule has 0 saturated heterocycles. The number of carbonyl (C=O) groups is 3. The van der Waals surface area contributed by atoms with Crippen LogP contribution in [0.2, 0.25) is 0 Å². The maximum absolute atomic E-state index is 11.9. The number of carboxylic acid groups (broad SMARTS) is 1. The molecule has 2 unspecified atom stereocenters. The highest BCUT2D eigenvalue weighted by Gasteiger charge is 2.26. The number of hydrogen-bond acceptors (Lipinski definition) is 4. The minimum Gasteiger partial charge on any atom is -0.480 e. The van der Waals surface area contributed by atoms with Gasteiger partial charge in [-0.05, 0) is 24.6 Å². The molecule has 2 atom stereocenters. The number of benzene rings is 1. The molecule has 0 aliphatic carbocycles. The van der Waals surface area contributed by atoms with Crippen molar-refractivity contribution in [1.82, 2.24) is 5.32 Å². The third kappa shape index (κ3) is 2.77. The van der Waals surface area contributed by atoms with Crippen molar-refractivity contribution in [2.45, 2.75) is 25.5 Å². The fourth-order valence-corrected chi connectivity index (χ4v) is 1.97. The van der Waals surface area contributed by atoms with Crippen LogP contribution in [-0.4, -0.2) is 40.1 Å². The normalized spacial score (nSPS) is 16.0. The smallest absolute Gasteiger partial charge is 0.328 e. The second-order valence-corrected chi connectivity index (χ2v) is 4.63. The first-order valence-electron chi connectivity index (χ1n) is 6.03. The molecule has 2 amide bonds. The van der Waals surface area contributed by atoms with E-state index in [1.807, 2.05) is 0 Å². The van der Waals surface area contributed by atoms with Gasteiger partial charge in [-0.15, -0.1) is 0 Å². The van der Waals surface area contributed by atoms with Crippen LogP contribution in [0.15, 0.2) is 18.2 Å². The van der Waals surface area contributed by atoms with Crippen LogP contribution in [-0.2, 0) is 16.0 Å². The number of nitrogens with one attached hydrogen (secondary N) is 2. The average Bonchev–Trinajstić information content (AvgIpc) is 2.73. The molecular formula is C13H14N2O5. The zero-order valence-corrected chi connectivity index (χ0v) is 10.7. The van der Waals surface area contributed by atoms with Gasteiger partial charge in [-0.1, -0.05) is 6.07 Å². The minimum atomic E-state index is -1.38. The Morgan fingerprint density at radius 3 is 2.70 bits per heavy atom. The third-order valence-corrected chi connectivity index (χ3v) is 3.03. The van der Waals surface area contributed by atoms with E-state index in [1.54, 1.807) is 6.07 Å². The lowest BCUT2D eigenvalue weighted by Gasteiger charge is -2.17. The van der Waals surface area contributed by atoms with Gasteiger partial charge in [0.15, 0.2) is 6.04 Å². The van der Waals surface area contributed by atoms with E-state index < -0.39 is 24.0 Å². The monoisotopic (exact) mass is 278 g/mol. The van der Waals surface area contributed by atoms with Crippen molar-refractivity contribution in [3.05, 3.63) is 29.3 Å². The fourth-order valence-electron chi connectivity index (χ4n) is 1.97. The number of aliphatic hydroxyl groups excluding tert-OH is 1. The van der Waals surface area contributed by atoms with Gasteiger partial charge in [-0.3, -0.25) is 9.59 Å². The predicted molar refractivity (Wildman–Crippen MR) is 69.3 cm³/mol. The number of fused-ring (bicyclic) bond motifs is 1. The Labute approximate surface area is 114 Å². The summed E-state index contributed by atoms with van der Waals surface area (Å²) in [6.07, 6.45) is -0.951. The number of hydrogen-bond donors (Lipinski definition) is 4. The molecule has 0 aromatic heterocycles. The highest BCUT2D eigenvalue weighted by atomic mass is 16.4. The zero-order chi connectivity index (χ0) is 14.9. The van der Waals surface area contributed by atoms with Gasteiger partial charge < -0.3 is 20.8 Å². The molecule has 1 aromatic carbocycles. The van der Waals surface area contributed by atoms with Crippen molar-refractivity contribution in [2.24, 2.45) is 0 Å². The van der Waals surface area contributed by atoms with Gasteiger partial charge in [0.05, 0.1) is 12.5 Å². The summed E-state index contributed by atoms with van der Waals surface area (Å²) in [5.41, 5.74) is 1.56. The van der Waals surface area contributed by atoms with E-state index in [4.69, 9.17) is 5.11 Å². The molecule has 1 heterocycles. The molecule has 0 spiro atoms. The average molecular weight is 278 g/mol. The topological polar surface area (TPSA) is 116 Å².